The molecule has 0 bridgehead atoms. The maximum absolute atomic E-state index is 11.9. The Hall–Kier alpha value is -2.41. The second-order valence-corrected chi connectivity index (χ2v) is 5.23. The van der Waals surface area contributed by atoms with Crippen molar-refractivity contribution in [2.75, 3.05) is 19.8 Å². The van der Waals surface area contributed by atoms with Crippen molar-refractivity contribution < 1.29 is 13.9 Å². The van der Waals surface area contributed by atoms with Gasteiger partial charge in [0.05, 0.1) is 6.61 Å². The predicted octanol–water partition coefficient (Wildman–Crippen LogP) is 0.656. The first-order chi connectivity index (χ1) is 10.7. The number of nitrogens with zero attached hydrogens (tertiary/aromatic N) is 2. The monoisotopic (exact) mass is 303 g/mol. The number of rotatable bonds is 5. The number of amides is 1. The van der Waals surface area contributed by atoms with Crippen LogP contribution in [0.4, 0.5) is 0 Å². The van der Waals surface area contributed by atoms with E-state index in [1.54, 1.807) is 12.1 Å². The normalized spacial score (nSPS) is 17.5. The Morgan fingerprint density at radius 3 is 2.91 bits per heavy atom. The molecule has 1 aromatic carbocycles. The van der Waals surface area contributed by atoms with Crippen molar-refractivity contribution in [2.45, 2.75) is 13.0 Å². The van der Waals surface area contributed by atoms with E-state index in [4.69, 9.17) is 9.15 Å². The van der Waals surface area contributed by atoms with Gasteiger partial charge in [0.1, 0.15) is 6.54 Å². The number of nitrogens with one attached hydrogen (secondary N) is 1. The first kappa shape index (κ1) is 14.5. The first-order valence-corrected chi connectivity index (χ1v) is 7.20. The highest BCUT2D eigenvalue weighted by atomic mass is 16.5. The molecule has 7 nitrogen and oxygen atoms in total. The zero-order chi connectivity index (χ0) is 15.4. The van der Waals surface area contributed by atoms with Crippen LogP contribution in [0.2, 0.25) is 0 Å². The molecule has 7 heteroatoms. The fourth-order valence-electron chi connectivity index (χ4n) is 2.30. The summed E-state index contributed by atoms with van der Waals surface area (Å²) in [5.41, 5.74) is 0.696. The van der Waals surface area contributed by atoms with Gasteiger partial charge < -0.3 is 14.5 Å². The molecule has 0 radical (unpaired) electrons. The van der Waals surface area contributed by atoms with E-state index in [2.05, 4.69) is 10.4 Å². The van der Waals surface area contributed by atoms with Crippen molar-refractivity contribution in [3.05, 3.63) is 40.9 Å². The molecule has 1 saturated heterocycles. The van der Waals surface area contributed by atoms with Crippen molar-refractivity contribution in [3.8, 4) is 11.5 Å². The molecular weight excluding hydrogens is 286 g/mol. The van der Waals surface area contributed by atoms with Gasteiger partial charge >= 0.3 is 5.76 Å². The molecule has 1 unspecified atom stereocenters. The molecule has 116 valence electrons. The number of carbonyl (C=O) groups is 1. The van der Waals surface area contributed by atoms with Crippen LogP contribution in [0.1, 0.15) is 6.42 Å². The summed E-state index contributed by atoms with van der Waals surface area (Å²) in [6, 6.07) is 9.08. The van der Waals surface area contributed by atoms with Gasteiger partial charge in [-0.3, -0.25) is 4.79 Å². The Morgan fingerprint density at radius 2 is 2.18 bits per heavy atom. The smallest absolute Gasteiger partial charge is 0.388 e. The topological polar surface area (TPSA) is 86.4 Å². The summed E-state index contributed by atoms with van der Waals surface area (Å²) in [5, 5.41) is 6.84. The molecule has 1 aromatic heterocycles. The van der Waals surface area contributed by atoms with Crippen molar-refractivity contribution in [3.63, 3.8) is 0 Å². The largest absolute Gasteiger partial charge is 0.437 e. The van der Waals surface area contributed by atoms with Crippen LogP contribution in [0.5, 0.6) is 0 Å². The summed E-state index contributed by atoms with van der Waals surface area (Å²) < 4.78 is 11.4. The van der Waals surface area contributed by atoms with Crippen LogP contribution in [0.15, 0.2) is 39.5 Å². The maximum atomic E-state index is 11.9. The van der Waals surface area contributed by atoms with Gasteiger partial charge in [-0.05, 0) is 18.6 Å². The SMILES string of the molecule is O=C(Cn1nc(-c2ccccc2)oc1=O)NCC1CCOC1. The van der Waals surface area contributed by atoms with Crippen LogP contribution in [0, 0.1) is 5.92 Å². The average molecular weight is 303 g/mol. The molecule has 1 amide bonds. The lowest BCUT2D eigenvalue weighted by Crippen LogP contribution is -2.34. The van der Waals surface area contributed by atoms with Gasteiger partial charge in [-0.25, -0.2) is 4.79 Å². The molecule has 3 rings (SSSR count). The number of carbonyl (C=O) groups excluding carboxylic acids is 1. The summed E-state index contributed by atoms with van der Waals surface area (Å²) in [4.78, 5) is 23.6. The van der Waals surface area contributed by atoms with Crippen molar-refractivity contribution in [2.24, 2.45) is 5.92 Å². The van der Waals surface area contributed by atoms with Gasteiger partial charge in [-0.2, -0.15) is 4.68 Å². The van der Waals surface area contributed by atoms with Crippen LogP contribution < -0.4 is 11.1 Å². The first-order valence-electron chi connectivity index (χ1n) is 7.20. The lowest BCUT2D eigenvalue weighted by molar-refractivity contribution is -0.122. The van der Waals surface area contributed by atoms with Crippen molar-refractivity contribution in [1.82, 2.24) is 15.1 Å². The third kappa shape index (κ3) is 3.43. The highest BCUT2D eigenvalue weighted by molar-refractivity contribution is 5.75. The lowest BCUT2D eigenvalue weighted by atomic mass is 10.1. The van der Waals surface area contributed by atoms with E-state index < -0.39 is 5.76 Å². The molecule has 1 N–H and O–H groups in total. The third-order valence-corrected chi connectivity index (χ3v) is 3.53. The molecule has 0 aliphatic carbocycles. The minimum absolute atomic E-state index is 0.150. The molecule has 1 atom stereocenters. The number of aromatic nitrogens is 2. The standard InChI is InChI=1S/C15H17N3O4/c19-13(16-8-11-6-7-21-10-11)9-18-15(20)22-14(17-18)12-4-2-1-3-5-12/h1-5,11H,6-10H2,(H,16,19). The van der Waals surface area contributed by atoms with Gasteiger partial charge in [-0.1, -0.05) is 18.2 Å². The summed E-state index contributed by atoms with van der Waals surface area (Å²) in [6.45, 7) is 1.81. The molecule has 22 heavy (non-hydrogen) atoms. The van der Waals surface area contributed by atoms with Crippen molar-refractivity contribution >= 4 is 5.91 Å². The Morgan fingerprint density at radius 1 is 1.36 bits per heavy atom. The van der Waals surface area contributed by atoms with Crippen molar-refractivity contribution in [1.29, 1.82) is 0 Å². The lowest BCUT2D eigenvalue weighted by Gasteiger charge is -2.08. The molecular formula is C15H17N3O4. The third-order valence-electron chi connectivity index (χ3n) is 3.53. The molecule has 1 fully saturated rings. The highest BCUT2D eigenvalue weighted by Crippen LogP contribution is 2.14. The van der Waals surface area contributed by atoms with Crippen LogP contribution in [0.3, 0.4) is 0 Å². The Labute approximate surface area is 126 Å². The van der Waals surface area contributed by atoms with E-state index in [1.165, 1.54) is 0 Å². The van der Waals surface area contributed by atoms with Crippen LogP contribution >= 0.6 is 0 Å². The Balaban J connectivity index is 1.61. The molecule has 0 saturated carbocycles. The maximum Gasteiger partial charge on any atom is 0.437 e. The summed E-state index contributed by atoms with van der Waals surface area (Å²) in [5.74, 6) is -0.347. The quantitative estimate of drug-likeness (QED) is 0.876. The van der Waals surface area contributed by atoms with Gasteiger partial charge in [-0.15, -0.1) is 5.10 Å². The van der Waals surface area contributed by atoms with Gasteiger partial charge in [0, 0.05) is 24.6 Å². The van der Waals surface area contributed by atoms with E-state index in [0.29, 0.717) is 24.6 Å². The minimum atomic E-state index is -0.641. The zero-order valence-corrected chi connectivity index (χ0v) is 12.0. The van der Waals surface area contributed by atoms with Gasteiger partial charge in [0.15, 0.2) is 0 Å². The number of hydrogen-bond acceptors (Lipinski definition) is 5. The van der Waals surface area contributed by atoms with Gasteiger partial charge in [0.2, 0.25) is 11.8 Å². The van der Waals surface area contributed by atoms with E-state index in [1.807, 2.05) is 18.2 Å². The van der Waals surface area contributed by atoms with E-state index >= 15 is 0 Å². The van der Waals surface area contributed by atoms with Crippen LogP contribution in [-0.2, 0) is 16.1 Å². The summed E-state index contributed by atoms with van der Waals surface area (Å²) >= 11 is 0. The Kier molecular flexibility index (Phi) is 4.34. The number of ether oxygens (including phenoxy) is 1. The van der Waals surface area contributed by atoms with E-state index in [-0.39, 0.29) is 18.3 Å². The van der Waals surface area contributed by atoms with Crippen LogP contribution in [-0.4, -0.2) is 35.4 Å². The fraction of sp³-hybridized carbons (Fsp3) is 0.400. The minimum Gasteiger partial charge on any atom is -0.388 e. The average Bonchev–Trinajstić information content (AvgIpc) is 3.17. The number of hydrogen-bond donors (Lipinski definition) is 1. The zero-order valence-electron chi connectivity index (χ0n) is 12.0. The van der Waals surface area contributed by atoms with Crippen LogP contribution in [0.25, 0.3) is 11.5 Å². The van der Waals surface area contributed by atoms with Gasteiger partial charge in [0.25, 0.3) is 0 Å². The second kappa shape index (κ2) is 6.57. The summed E-state index contributed by atoms with van der Waals surface area (Å²) in [6.07, 6.45) is 0.947. The predicted molar refractivity (Wildman–Crippen MR) is 78.1 cm³/mol. The summed E-state index contributed by atoms with van der Waals surface area (Å²) in [7, 11) is 0. The Bertz CT molecular complexity index is 686. The fourth-order valence-corrected chi connectivity index (χ4v) is 2.30. The highest BCUT2D eigenvalue weighted by Gasteiger charge is 2.17. The molecule has 2 heterocycles. The second-order valence-electron chi connectivity index (χ2n) is 5.23. The van der Waals surface area contributed by atoms with E-state index in [9.17, 15) is 9.59 Å². The molecule has 2 aromatic rings. The molecule has 0 spiro atoms. The van der Waals surface area contributed by atoms with E-state index in [0.717, 1.165) is 17.7 Å². The molecule has 1 aliphatic heterocycles. The molecule has 1 aliphatic rings. The number of benzene rings is 1.